The fourth-order valence-corrected chi connectivity index (χ4v) is 2.87. The molecule has 6 nitrogen and oxygen atoms in total. The minimum Gasteiger partial charge on any atom is -0.457 e. The van der Waals surface area contributed by atoms with Crippen LogP contribution in [0, 0.1) is 5.92 Å². The van der Waals surface area contributed by atoms with Gasteiger partial charge in [0, 0.05) is 32.3 Å². The molecule has 1 fully saturated rings. The molecule has 1 atom stereocenters. The lowest BCUT2D eigenvalue weighted by atomic mass is 10.1. The van der Waals surface area contributed by atoms with Gasteiger partial charge in [-0.05, 0) is 36.4 Å². The van der Waals surface area contributed by atoms with E-state index in [-0.39, 0.29) is 24.2 Å². The molecule has 0 saturated carbocycles. The number of benzene rings is 2. The molecule has 1 saturated heterocycles. The van der Waals surface area contributed by atoms with Crippen LogP contribution in [0.15, 0.2) is 54.6 Å². The summed E-state index contributed by atoms with van der Waals surface area (Å²) in [6.07, 6.45) is 0.223. The van der Waals surface area contributed by atoms with Gasteiger partial charge in [0.1, 0.15) is 11.5 Å². The van der Waals surface area contributed by atoms with E-state index in [9.17, 15) is 9.59 Å². The van der Waals surface area contributed by atoms with E-state index in [4.69, 9.17) is 9.47 Å². The average molecular weight is 354 g/mol. The van der Waals surface area contributed by atoms with E-state index in [2.05, 4.69) is 5.32 Å². The van der Waals surface area contributed by atoms with Gasteiger partial charge in [-0.3, -0.25) is 9.59 Å². The number of rotatable bonds is 7. The van der Waals surface area contributed by atoms with Gasteiger partial charge in [-0.2, -0.15) is 0 Å². The van der Waals surface area contributed by atoms with Crippen molar-refractivity contribution in [1.29, 1.82) is 0 Å². The maximum absolute atomic E-state index is 12.3. The first kappa shape index (κ1) is 17.9. The molecule has 0 aliphatic carbocycles. The zero-order chi connectivity index (χ0) is 18.4. The molecule has 1 N–H and O–H groups in total. The van der Waals surface area contributed by atoms with Gasteiger partial charge in [0.15, 0.2) is 0 Å². The van der Waals surface area contributed by atoms with E-state index in [1.807, 2.05) is 54.6 Å². The van der Waals surface area contributed by atoms with Gasteiger partial charge in [0.05, 0.1) is 12.5 Å². The molecular formula is C20H22N2O4. The van der Waals surface area contributed by atoms with Crippen LogP contribution in [0.2, 0.25) is 0 Å². The van der Waals surface area contributed by atoms with Crippen LogP contribution in [0.1, 0.15) is 6.42 Å². The zero-order valence-corrected chi connectivity index (χ0v) is 14.7. The van der Waals surface area contributed by atoms with Crippen molar-refractivity contribution in [3.63, 3.8) is 0 Å². The third kappa shape index (κ3) is 4.40. The molecule has 136 valence electrons. The van der Waals surface area contributed by atoms with Crippen LogP contribution in [-0.4, -0.2) is 38.6 Å². The molecule has 2 aromatic rings. The monoisotopic (exact) mass is 354 g/mol. The number of nitrogens with one attached hydrogen (secondary N) is 1. The normalized spacial score (nSPS) is 16.6. The Labute approximate surface area is 152 Å². The van der Waals surface area contributed by atoms with Gasteiger partial charge in [0.25, 0.3) is 0 Å². The molecule has 0 bridgehead atoms. The number of carbonyl (C=O) groups excluding carboxylic acids is 2. The maximum Gasteiger partial charge on any atom is 0.227 e. The van der Waals surface area contributed by atoms with Crippen molar-refractivity contribution in [3.8, 4) is 11.5 Å². The Balaban J connectivity index is 1.60. The number of anilines is 1. The van der Waals surface area contributed by atoms with Crippen molar-refractivity contribution in [1.82, 2.24) is 5.32 Å². The number of nitrogens with zero attached hydrogens (tertiary/aromatic N) is 1. The zero-order valence-electron chi connectivity index (χ0n) is 14.7. The van der Waals surface area contributed by atoms with E-state index < -0.39 is 0 Å². The highest BCUT2D eigenvalue weighted by molar-refractivity contribution is 6.00. The molecular weight excluding hydrogens is 332 g/mol. The second-order valence-electron chi connectivity index (χ2n) is 6.10. The van der Waals surface area contributed by atoms with Crippen molar-refractivity contribution in [3.05, 3.63) is 54.6 Å². The maximum atomic E-state index is 12.3. The summed E-state index contributed by atoms with van der Waals surface area (Å²) in [4.78, 5) is 26.1. The van der Waals surface area contributed by atoms with Gasteiger partial charge in [-0.1, -0.05) is 18.2 Å². The topological polar surface area (TPSA) is 67.9 Å². The number of hydrogen-bond donors (Lipinski definition) is 1. The Morgan fingerprint density at radius 3 is 2.50 bits per heavy atom. The summed E-state index contributed by atoms with van der Waals surface area (Å²) in [5, 5.41) is 2.79. The predicted octanol–water partition coefficient (Wildman–Crippen LogP) is 2.59. The highest BCUT2D eigenvalue weighted by atomic mass is 16.5. The van der Waals surface area contributed by atoms with E-state index in [1.54, 1.807) is 12.0 Å². The largest absolute Gasteiger partial charge is 0.457 e. The van der Waals surface area contributed by atoms with E-state index in [0.717, 1.165) is 11.4 Å². The minimum absolute atomic E-state index is 0.0476. The number of carbonyl (C=O) groups is 2. The van der Waals surface area contributed by atoms with Crippen LogP contribution in [0.4, 0.5) is 5.69 Å². The first-order valence-corrected chi connectivity index (χ1v) is 8.57. The summed E-state index contributed by atoms with van der Waals surface area (Å²) >= 11 is 0. The lowest BCUT2D eigenvalue weighted by Gasteiger charge is -2.17. The summed E-state index contributed by atoms with van der Waals surface area (Å²) in [7, 11) is 1.58. The first-order chi connectivity index (χ1) is 12.7. The standard InChI is InChI=1S/C20H22N2O4/c1-25-12-11-21-20(24)15-13-19(23)22(14-15)16-7-9-18(10-8-16)26-17-5-3-2-4-6-17/h2-10,15H,11-14H2,1H3,(H,21,24). The van der Waals surface area contributed by atoms with Gasteiger partial charge >= 0.3 is 0 Å². The van der Waals surface area contributed by atoms with Crippen LogP contribution in [-0.2, 0) is 14.3 Å². The lowest BCUT2D eigenvalue weighted by Crippen LogP contribution is -2.34. The summed E-state index contributed by atoms with van der Waals surface area (Å²) in [5.74, 6) is 0.959. The molecule has 0 spiro atoms. The Hall–Kier alpha value is -2.86. The van der Waals surface area contributed by atoms with E-state index in [1.165, 1.54) is 0 Å². The number of hydrogen-bond acceptors (Lipinski definition) is 4. The molecule has 6 heteroatoms. The van der Waals surface area contributed by atoms with Crippen molar-refractivity contribution in [2.45, 2.75) is 6.42 Å². The quantitative estimate of drug-likeness (QED) is 0.776. The first-order valence-electron chi connectivity index (χ1n) is 8.57. The third-order valence-corrected chi connectivity index (χ3v) is 4.23. The van der Waals surface area contributed by atoms with Gasteiger partial charge in [-0.25, -0.2) is 0 Å². The lowest BCUT2D eigenvalue weighted by molar-refractivity contribution is -0.126. The Morgan fingerprint density at radius 1 is 1.12 bits per heavy atom. The summed E-state index contributed by atoms with van der Waals surface area (Å²) in [6, 6.07) is 16.8. The molecule has 1 aliphatic heterocycles. The van der Waals surface area contributed by atoms with Crippen LogP contribution in [0.5, 0.6) is 11.5 Å². The SMILES string of the molecule is COCCNC(=O)C1CC(=O)N(c2ccc(Oc3ccccc3)cc2)C1. The number of para-hydroxylation sites is 1. The molecule has 0 aromatic heterocycles. The molecule has 1 aliphatic rings. The van der Waals surface area contributed by atoms with Crippen molar-refractivity contribution < 1.29 is 19.1 Å². The van der Waals surface area contributed by atoms with Crippen molar-refractivity contribution >= 4 is 17.5 Å². The highest BCUT2D eigenvalue weighted by Crippen LogP contribution is 2.28. The van der Waals surface area contributed by atoms with Gasteiger partial charge in [-0.15, -0.1) is 0 Å². The van der Waals surface area contributed by atoms with Crippen LogP contribution in [0.3, 0.4) is 0 Å². The molecule has 26 heavy (non-hydrogen) atoms. The van der Waals surface area contributed by atoms with Crippen LogP contribution < -0.4 is 15.0 Å². The van der Waals surface area contributed by atoms with Gasteiger partial charge < -0.3 is 19.7 Å². The predicted molar refractivity (Wildman–Crippen MR) is 98.3 cm³/mol. The van der Waals surface area contributed by atoms with Crippen molar-refractivity contribution in [2.75, 3.05) is 31.7 Å². The highest BCUT2D eigenvalue weighted by Gasteiger charge is 2.34. The fraction of sp³-hybridized carbons (Fsp3) is 0.300. The number of amides is 2. The van der Waals surface area contributed by atoms with Crippen LogP contribution in [0.25, 0.3) is 0 Å². The molecule has 2 aromatic carbocycles. The second kappa shape index (κ2) is 8.49. The van der Waals surface area contributed by atoms with E-state index in [0.29, 0.717) is 25.4 Å². The molecule has 1 heterocycles. The molecule has 3 rings (SSSR count). The third-order valence-electron chi connectivity index (χ3n) is 4.23. The number of methoxy groups -OCH3 is 1. The minimum atomic E-state index is -0.334. The summed E-state index contributed by atoms with van der Waals surface area (Å²) in [5.41, 5.74) is 0.766. The number of ether oxygens (including phenoxy) is 2. The summed E-state index contributed by atoms with van der Waals surface area (Å²) in [6.45, 7) is 1.29. The Bertz CT molecular complexity index is 746. The van der Waals surface area contributed by atoms with Crippen molar-refractivity contribution in [2.24, 2.45) is 5.92 Å². The molecule has 0 radical (unpaired) electrons. The Morgan fingerprint density at radius 2 is 1.81 bits per heavy atom. The fourth-order valence-electron chi connectivity index (χ4n) is 2.87. The Kier molecular flexibility index (Phi) is 5.86. The average Bonchev–Trinajstić information content (AvgIpc) is 3.05. The summed E-state index contributed by atoms with van der Waals surface area (Å²) < 4.78 is 10.7. The molecule has 1 unspecified atom stereocenters. The molecule has 2 amide bonds. The second-order valence-corrected chi connectivity index (χ2v) is 6.10. The van der Waals surface area contributed by atoms with Crippen LogP contribution >= 0.6 is 0 Å². The smallest absolute Gasteiger partial charge is 0.227 e. The van der Waals surface area contributed by atoms with E-state index >= 15 is 0 Å². The van der Waals surface area contributed by atoms with Gasteiger partial charge in [0.2, 0.25) is 11.8 Å².